The van der Waals surface area contributed by atoms with Gasteiger partial charge in [0.25, 0.3) is 0 Å². The van der Waals surface area contributed by atoms with Crippen LogP contribution >= 0.6 is 0 Å². The maximum atomic E-state index is 11.9. The summed E-state index contributed by atoms with van der Waals surface area (Å²) in [5.41, 5.74) is 0.947. The van der Waals surface area contributed by atoms with Crippen molar-refractivity contribution >= 4 is 6.03 Å². The van der Waals surface area contributed by atoms with Crippen molar-refractivity contribution in [1.29, 1.82) is 0 Å². The summed E-state index contributed by atoms with van der Waals surface area (Å²) in [5, 5.41) is 0. The van der Waals surface area contributed by atoms with Gasteiger partial charge in [-0.25, -0.2) is 4.79 Å². The SMILES string of the molecule is COc1cc(CN2CCN(C)C2=O)cc(OC)c1OC. The molecule has 0 aromatic heterocycles. The second-order valence-corrected chi connectivity index (χ2v) is 4.66. The largest absolute Gasteiger partial charge is 0.493 e. The van der Waals surface area contributed by atoms with E-state index in [-0.39, 0.29) is 6.03 Å². The molecule has 0 radical (unpaired) electrons. The number of likely N-dealkylation sites (N-methyl/N-ethyl adjacent to an activating group) is 1. The normalized spacial score (nSPS) is 14.7. The minimum Gasteiger partial charge on any atom is -0.493 e. The highest BCUT2D eigenvalue weighted by atomic mass is 16.5. The second kappa shape index (κ2) is 5.90. The van der Waals surface area contributed by atoms with Crippen LogP contribution in [0.25, 0.3) is 0 Å². The topological polar surface area (TPSA) is 51.2 Å². The number of hydrogen-bond donors (Lipinski definition) is 0. The zero-order valence-electron chi connectivity index (χ0n) is 12.3. The molecule has 6 heteroatoms. The molecule has 1 aromatic carbocycles. The number of carbonyl (C=O) groups is 1. The first-order chi connectivity index (χ1) is 9.60. The smallest absolute Gasteiger partial charge is 0.320 e. The molecule has 1 fully saturated rings. The van der Waals surface area contributed by atoms with Gasteiger partial charge in [-0.05, 0) is 17.7 Å². The van der Waals surface area contributed by atoms with Crippen molar-refractivity contribution in [2.24, 2.45) is 0 Å². The predicted octanol–water partition coefficient (Wildman–Crippen LogP) is 1.58. The van der Waals surface area contributed by atoms with Crippen LogP contribution in [0.5, 0.6) is 17.2 Å². The first-order valence-corrected chi connectivity index (χ1v) is 6.39. The molecule has 0 atom stereocenters. The van der Waals surface area contributed by atoms with Crippen molar-refractivity contribution in [3.05, 3.63) is 17.7 Å². The first kappa shape index (κ1) is 14.3. The zero-order chi connectivity index (χ0) is 14.7. The van der Waals surface area contributed by atoms with Gasteiger partial charge in [0, 0.05) is 26.7 Å². The molecule has 0 N–H and O–H groups in total. The summed E-state index contributed by atoms with van der Waals surface area (Å²) in [6.45, 7) is 2.01. The maximum absolute atomic E-state index is 11.9. The Bertz CT molecular complexity index is 479. The average Bonchev–Trinajstić information content (AvgIpc) is 2.78. The number of ether oxygens (including phenoxy) is 3. The van der Waals surface area contributed by atoms with Crippen LogP contribution in [0, 0.1) is 0 Å². The number of amides is 2. The van der Waals surface area contributed by atoms with E-state index in [1.54, 1.807) is 38.2 Å². The molecule has 0 aliphatic carbocycles. The third-order valence-electron chi connectivity index (χ3n) is 3.40. The Kier molecular flexibility index (Phi) is 4.22. The van der Waals surface area contributed by atoms with Crippen LogP contribution in [0.3, 0.4) is 0 Å². The summed E-state index contributed by atoms with van der Waals surface area (Å²) in [4.78, 5) is 15.4. The van der Waals surface area contributed by atoms with Crippen LogP contribution in [0.15, 0.2) is 12.1 Å². The van der Waals surface area contributed by atoms with Crippen molar-refractivity contribution in [2.75, 3.05) is 41.5 Å². The number of methoxy groups -OCH3 is 3. The quantitative estimate of drug-likeness (QED) is 0.821. The lowest BCUT2D eigenvalue weighted by molar-refractivity contribution is 0.197. The van der Waals surface area contributed by atoms with Gasteiger partial charge in [-0.3, -0.25) is 0 Å². The third-order valence-corrected chi connectivity index (χ3v) is 3.40. The van der Waals surface area contributed by atoms with Crippen molar-refractivity contribution < 1.29 is 19.0 Å². The van der Waals surface area contributed by atoms with Crippen molar-refractivity contribution in [3.8, 4) is 17.2 Å². The minimum atomic E-state index is 0.0405. The van der Waals surface area contributed by atoms with Crippen LogP contribution in [-0.4, -0.2) is 57.3 Å². The highest BCUT2D eigenvalue weighted by molar-refractivity contribution is 5.76. The van der Waals surface area contributed by atoms with E-state index in [2.05, 4.69) is 0 Å². The lowest BCUT2D eigenvalue weighted by Gasteiger charge is -2.18. The van der Waals surface area contributed by atoms with E-state index in [1.807, 2.05) is 12.1 Å². The summed E-state index contributed by atoms with van der Waals surface area (Å²) >= 11 is 0. The van der Waals surface area contributed by atoms with Gasteiger partial charge in [-0.1, -0.05) is 0 Å². The van der Waals surface area contributed by atoms with Crippen molar-refractivity contribution in [1.82, 2.24) is 9.80 Å². The summed E-state index contributed by atoms with van der Waals surface area (Å²) in [6, 6.07) is 3.78. The van der Waals surface area contributed by atoms with Gasteiger partial charge in [-0.2, -0.15) is 0 Å². The standard InChI is InChI=1S/C14H20N2O4/c1-15-5-6-16(14(15)17)9-10-7-11(18-2)13(20-4)12(8-10)19-3/h7-8H,5-6,9H2,1-4H3. The highest BCUT2D eigenvalue weighted by Gasteiger charge is 2.25. The Hall–Kier alpha value is -2.11. The Morgan fingerprint density at radius 3 is 2.05 bits per heavy atom. The van der Waals surface area contributed by atoms with E-state index in [9.17, 15) is 4.79 Å². The fourth-order valence-electron chi connectivity index (χ4n) is 2.30. The van der Waals surface area contributed by atoms with Crippen molar-refractivity contribution in [2.45, 2.75) is 6.54 Å². The Morgan fingerprint density at radius 1 is 1.05 bits per heavy atom. The van der Waals surface area contributed by atoms with E-state index in [0.29, 0.717) is 23.8 Å². The fraction of sp³-hybridized carbons (Fsp3) is 0.500. The maximum Gasteiger partial charge on any atom is 0.320 e. The van der Waals surface area contributed by atoms with Crippen LogP contribution in [0.2, 0.25) is 0 Å². The Labute approximate surface area is 118 Å². The molecule has 0 bridgehead atoms. The van der Waals surface area contributed by atoms with E-state index < -0.39 is 0 Å². The molecule has 2 amide bonds. The van der Waals surface area contributed by atoms with Gasteiger partial charge in [-0.15, -0.1) is 0 Å². The number of carbonyl (C=O) groups excluding carboxylic acids is 1. The highest BCUT2D eigenvalue weighted by Crippen LogP contribution is 2.38. The van der Waals surface area contributed by atoms with Crippen LogP contribution in [-0.2, 0) is 6.54 Å². The van der Waals surface area contributed by atoms with Crippen LogP contribution < -0.4 is 14.2 Å². The number of benzene rings is 1. The lowest BCUT2D eigenvalue weighted by atomic mass is 10.1. The van der Waals surface area contributed by atoms with Crippen LogP contribution in [0.4, 0.5) is 4.79 Å². The molecule has 0 saturated carbocycles. The van der Waals surface area contributed by atoms with Gasteiger partial charge in [0.05, 0.1) is 21.3 Å². The number of urea groups is 1. The molecule has 1 aromatic rings. The third kappa shape index (κ3) is 2.59. The first-order valence-electron chi connectivity index (χ1n) is 6.39. The lowest BCUT2D eigenvalue weighted by Crippen LogP contribution is -2.28. The average molecular weight is 280 g/mol. The monoisotopic (exact) mass is 280 g/mol. The second-order valence-electron chi connectivity index (χ2n) is 4.66. The molecule has 1 heterocycles. The van der Waals surface area contributed by atoms with Gasteiger partial charge in [0.2, 0.25) is 5.75 Å². The number of hydrogen-bond acceptors (Lipinski definition) is 4. The molecular formula is C14H20N2O4. The number of rotatable bonds is 5. The van der Waals surface area contributed by atoms with E-state index in [1.165, 1.54) is 0 Å². The molecule has 1 aliphatic heterocycles. The molecule has 1 saturated heterocycles. The molecule has 0 spiro atoms. The summed E-state index contributed by atoms with van der Waals surface area (Å²) in [5.74, 6) is 1.76. The summed E-state index contributed by atoms with van der Waals surface area (Å²) in [6.07, 6.45) is 0. The Morgan fingerprint density at radius 2 is 1.65 bits per heavy atom. The van der Waals surface area contributed by atoms with Gasteiger partial charge in [0.15, 0.2) is 11.5 Å². The fourth-order valence-corrected chi connectivity index (χ4v) is 2.30. The number of nitrogens with zero attached hydrogens (tertiary/aromatic N) is 2. The Balaban J connectivity index is 2.26. The summed E-state index contributed by atoms with van der Waals surface area (Å²) < 4.78 is 15.9. The van der Waals surface area contributed by atoms with Crippen molar-refractivity contribution in [3.63, 3.8) is 0 Å². The van der Waals surface area contributed by atoms with Gasteiger partial charge in [0.1, 0.15) is 0 Å². The van der Waals surface area contributed by atoms with Gasteiger partial charge >= 0.3 is 6.03 Å². The molecule has 110 valence electrons. The molecule has 2 rings (SSSR count). The molecule has 6 nitrogen and oxygen atoms in total. The predicted molar refractivity (Wildman–Crippen MR) is 74.5 cm³/mol. The molecule has 0 unspecified atom stereocenters. The summed E-state index contributed by atoms with van der Waals surface area (Å²) in [7, 11) is 6.53. The molecular weight excluding hydrogens is 260 g/mol. The van der Waals surface area contributed by atoms with Crippen LogP contribution in [0.1, 0.15) is 5.56 Å². The zero-order valence-corrected chi connectivity index (χ0v) is 12.3. The van der Waals surface area contributed by atoms with E-state index in [0.717, 1.165) is 18.7 Å². The van der Waals surface area contributed by atoms with Gasteiger partial charge < -0.3 is 24.0 Å². The molecule has 20 heavy (non-hydrogen) atoms. The van der Waals surface area contributed by atoms with E-state index in [4.69, 9.17) is 14.2 Å². The van der Waals surface area contributed by atoms with E-state index >= 15 is 0 Å². The minimum absolute atomic E-state index is 0.0405. The molecule has 1 aliphatic rings.